The maximum Gasteiger partial charge on any atom is 0.183 e. The highest BCUT2D eigenvalue weighted by atomic mass is 32.2. The molecule has 1 fully saturated rings. The summed E-state index contributed by atoms with van der Waals surface area (Å²) in [5.74, 6) is -0.375. The molecular weight excluding hydrogens is 322 g/mol. The van der Waals surface area contributed by atoms with Crippen molar-refractivity contribution in [3.8, 4) is 6.07 Å². The molecule has 3 rings (SSSR count). The number of nitrogens with zero attached hydrogens (tertiary/aromatic N) is 1. The summed E-state index contributed by atoms with van der Waals surface area (Å²) in [4.78, 5) is 0.254. The summed E-state index contributed by atoms with van der Waals surface area (Å²) in [5, 5.41) is 9.02. The Hall–Kier alpha value is -2.16. The van der Waals surface area contributed by atoms with Crippen LogP contribution in [0.25, 0.3) is 0 Å². The first-order valence-corrected chi connectivity index (χ1v) is 9.45. The van der Waals surface area contributed by atoms with E-state index in [9.17, 15) is 13.7 Å². The molecule has 5 heteroatoms. The van der Waals surface area contributed by atoms with Crippen LogP contribution in [0.1, 0.15) is 18.4 Å². The van der Waals surface area contributed by atoms with Crippen LogP contribution in [0.15, 0.2) is 65.6 Å². The lowest BCUT2D eigenvalue weighted by atomic mass is 10.0. The first-order chi connectivity index (χ1) is 11.6. The molecule has 0 spiro atoms. The monoisotopic (exact) mass is 341 g/mol. The van der Waals surface area contributed by atoms with E-state index >= 15 is 0 Å². The summed E-state index contributed by atoms with van der Waals surface area (Å²) < 4.78 is 31.7. The van der Waals surface area contributed by atoms with Crippen molar-refractivity contribution in [2.75, 3.05) is 13.2 Å². The van der Waals surface area contributed by atoms with Crippen molar-refractivity contribution in [3.63, 3.8) is 0 Å². The molecule has 24 heavy (non-hydrogen) atoms. The van der Waals surface area contributed by atoms with Crippen molar-refractivity contribution in [1.29, 1.82) is 5.26 Å². The average molecular weight is 341 g/mol. The van der Waals surface area contributed by atoms with Gasteiger partial charge in [0.05, 0.1) is 22.8 Å². The third-order valence-electron chi connectivity index (χ3n) is 4.57. The molecule has 0 saturated heterocycles. The minimum Gasteiger partial charge on any atom is -0.380 e. The molecule has 0 heterocycles. The zero-order valence-electron chi connectivity index (χ0n) is 13.4. The summed E-state index contributed by atoms with van der Waals surface area (Å²) in [6.07, 6.45) is 0. The number of hydrogen-bond donors (Lipinski definition) is 0. The van der Waals surface area contributed by atoms with Gasteiger partial charge in [0, 0.05) is 12.5 Å². The second-order valence-corrected chi connectivity index (χ2v) is 8.03. The molecule has 0 unspecified atom stereocenters. The number of rotatable bonds is 6. The third-order valence-corrected chi connectivity index (χ3v) is 6.86. The molecule has 124 valence electrons. The Morgan fingerprint density at radius 3 is 2.21 bits per heavy atom. The smallest absolute Gasteiger partial charge is 0.183 e. The Morgan fingerprint density at radius 1 is 1.08 bits per heavy atom. The van der Waals surface area contributed by atoms with Crippen molar-refractivity contribution in [2.24, 2.45) is 5.41 Å². The fourth-order valence-corrected chi connectivity index (χ4v) is 5.69. The van der Waals surface area contributed by atoms with Crippen molar-refractivity contribution >= 4 is 9.84 Å². The molecule has 1 aliphatic carbocycles. The van der Waals surface area contributed by atoms with Crippen molar-refractivity contribution in [3.05, 3.63) is 66.2 Å². The number of benzene rings is 2. The fraction of sp³-hybridized carbons (Fsp3) is 0.316. The maximum atomic E-state index is 13.1. The molecule has 2 aromatic carbocycles. The molecule has 3 atom stereocenters. The molecule has 1 saturated carbocycles. The van der Waals surface area contributed by atoms with Crippen LogP contribution in [0.3, 0.4) is 0 Å². The number of hydrogen-bond acceptors (Lipinski definition) is 4. The van der Waals surface area contributed by atoms with E-state index < -0.39 is 20.5 Å². The van der Waals surface area contributed by atoms with Crippen LogP contribution >= 0.6 is 0 Å². The molecule has 0 amide bonds. The Balaban J connectivity index is 2.06. The highest BCUT2D eigenvalue weighted by Gasteiger charge is 2.72. The quantitative estimate of drug-likeness (QED) is 0.809. The topological polar surface area (TPSA) is 67.2 Å². The highest BCUT2D eigenvalue weighted by molar-refractivity contribution is 7.92. The number of sulfone groups is 1. The average Bonchev–Trinajstić information content (AvgIpc) is 3.32. The summed E-state index contributed by atoms with van der Waals surface area (Å²) in [6.45, 7) is 2.41. The first kappa shape index (κ1) is 16.7. The normalized spacial score (nSPS) is 25.8. The second-order valence-electron chi connectivity index (χ2n) is 5.96. The van der Waals surface area contributed by atoms with Gasteiger partial charge in [-0.3, -0.25) is 0 Å². The van der Waals surface area contributed by atoms with E-state index in [1.807, 2.05) is 37.3 Å². The lowest BCUT2D eigenvalue weighted by Crippen LogP contribution is -2.19. The summed E-state index contributed by atoms with van der Waals surface area (Å²) in [5.41, 5.74) is -0.172. The molecule has 0 aromatic heterocycles. The van der Waals surface area contributed by atoms with Gasteiger partial charge in [0.15, 0.2) is 9.84 Å². The van der Waals surface area contributed by atoms with Gasteiger partial charge in [0.25, 0.3) is 0 Å². The van der Waals surface area contributed by atoms with Crippen LogP contribution in [0.2, 0.25) is 0 Å². The van der Waals surface area contributed by atoms with Crippen LogP contribution in [-0.4, -0.2) is 26.9 Å². The third kappa shape index (κ3) is 2.62. The molecule has 4 nitrogen and oxygen atoms in total. The van der Waals surface area contributed by atoms with Crippen LogP contribution in [0.5, 0.6) is 0 Å². The Morgan fingerprint density at radius 2 is 1.67 bits per heavy atom. The van der Waals surface area contributed by atoms with Gasteiger partial charge >= 0.3 is 0 Å². The van der Waals surface area contributed by atoms with Crippen molar-refractivity contribution < 1.29 is 13.2 Å². The molecule has 0 N–H and O–H groups in total. The van der Waals surface area contributed by atoms with E-state index in [0.717, 1.165) is 5.56 Å². The molecule has 1 aliphatic rings. The standard InChI is InChI=1S/C19H19NO3S/c1-2-23-14-19(13-20)17(15-9-5-3-6-10-15)18(19)24(21,22)16-11-7-4-8-12-16/h3-12,17-18H,2,14H2,1H3/t17-,18-,19+/m0/s1. The lowest BCUT2D eigenvalue weighted by molar-refractivity contribution is 0.117. The van der Waals surface area contributed by atoms with E-state index in [2.05, 4.69) is 6.07 Å². The van der Waals surface area contributed by atoms with Gasteiger partial charge in [-0.1, -0.05) is 48.5 Å². The van der Waals surface area contributed by atoms with E-state index in [1.54, 1.807) is 30.3 Å². The number of nitriles is 1. The summed E-state index contributed by atoms with van der Waals surface area (Å²) in [7, 11) is -3.62. The molecular formula is C19H19NO3S. The first-order valence-electron chi connectivity index (χ1n) is 7.91. The number of ether oxygens (including phenoxy) is 1. The van der Waals surface area contributed by atoms with Gasteiger partial charge in [-0.25, -0.2) is 8.42 Å². The minimum absolute atomic E-state index is 0.121. The summed E-state index contributed by atoms with van der Waals surface area (Å²) >= 11 is 0. The van der Waals surface area contributed by atoms with Crippen LogP contribution in [0, 0.1) is 16.7 Å². The predicted molar refractivity (Wildman–Crippen MR) is 91.1 cm³/mol. The maximum absolute atomic E-state index is 13.1. The van der Waals surface area contributed by atoms with Gasteiger partial charge in [0.1, 0.15) is 5.41 Å². The Kier molecular flexibility index (Phi) is 4.44. The van der Waals surface area contributed by atoms with Crippen LogP contribution in [-0.2, 0) is 14.6 Å². The van der Waals surface area contributed by atoms with Crippen molar-refractivity contribution in [1.82, 2.24) is 0 Å². The van der Waals surface area contributed by atoms with Gasteiger partial charge in [-0.05, 0) is 24.6 Å². The fourth-order valence-electron chi connectivity index (χ4n) is 3.36. The Bertz CT molecular complexity index is 843. The zero-order valence-corrected chi connectivity index (χ0v) is 14.2. The van der Waals surface area contributed by atoms with Crippen LogP contribution in [0.4, 0.5) is 0 Å². The van der Waals surface area contributed by atoms with Gasteiger partial charge in [-0.2, -0.15) is 5.26 Å². The van der Waals surface area contributed by atoms with E-state index in [-0.39, 0.29) is 17.4 Å². The highest BCUT2D eigenvalue weighted by Crippen LogP contribution is 2.63. The predicted octanol–water partition coefficient (Wildman–Crippen LogP) is 3.17. The van der Waals surface area contributed by atoms with E-state index in [0.29, 0.717) is 6.61 Å². The van der Waals surface area contributed by atoms with Gasteiger partial charge < -0.3 is 4.74 Å². The second kappa shape index (κ2) is 6.39. The minimum atomic E-state index is -3.62. The van der Waals surface area contributed by atoms with E-state index in [4.69, 9.17) is 4.74 Å². The van der Waals surface area contributed by atoms with Gasteiger partial charge in [0.2, 0.25) is 0 Å². The summed E-state index contributed by atoms with van der Waals surface area (Å²) in [6, 6.07) is 20.0. The largest absolute Gasteiger partial charge is 0.380 e. The lowest BCUT2D eigenvalue weighted by Gasteiger charge is -2.09. The molecule has 0 bridgehead atoms. The van der Waals surface area contributed by atoms with E-state index in [1.165, 1.54) is 0 Å². The van der Waals surface area contributed by atoms with Crippen LogP contribution < -0.4 is 0 Å². The van der Waals surface area contributed by atoms with Crippen molar-refractivity contribution in [2.45, 2.75) is 23.0 Å². The van der Waals surface area contributed by atoms with Gasteiger partial charge in [-0.15, -0.1) is 0 Å². The Labute approximate surface area is 142 Å². The molecule has 2 aromatic rings. The zero-order chi connectivity index (χ0) is 17.2. The molecule has 0 aliphatic heterocycles. The molecule has 0 radical (unpaired) electrons. The SMILES string of the molecule is CCOC[C@]1(C#N)[C@@H](c2ccccc2)[C@@H]1S(=O)(=O)c1ccccc1.